The van der Waals surface area contributed by atoms with Gasteiger partial charge in [0.05, 0.1) is 6.20 Å². The monoisotopic (exact) mass is 301 g/mol. The Morgan fingerprint density at radius 2 is 2.00 bits per heavy atom. The molecule has 1 heterocycles. The van der Waals surface area contributed by atoms with Crippen LogP contribution in [0, 0.1) is 12.7 Å². The van der Waals surface area contributed by atoms with Crippen LogP contribution in [0.15, 0.2) is 41.4 Å². The Hall–Kier alpha value is -1.66. The zero-order valence-corrected chi connectivity index (χ0v) is 11.4. The molecule has 0 aliphatic rings. The molecule has 2 aromatic rings. The van der Waals surface area contributed by atoms with Gasteiger partial charge in [-0.05, 0) is 24.6 Å². The Balaban J connectivity index is 2.22. The van der Waals surface area contributed by atoms with Crippen molar-refractivity contribution in [2.75, 3.05) is 0 Å². The molecule has 7 heteroatoms. The Morgan fingerprint density at radius 1 is 1.26 bits per heavy atom. The van der Waals surface area contributed by atoms with Crippen molar-refractivity contribution in [3.05, 3.63) is 47.9 Å². The van der Waals surface area contributed by atoms with Gasteiger partial charge in [0.25, 0.3) is 9.05 Å². The summed E-state index contributed by atoms with van der Waals surface area (Å²) in [6.07, 6.45) is 1.07. The molecule has 1 aromatic heterocycles. The van der Waals surface area contributed by atoms with Crippen molar-refractivity contribution in [3.63, 3.8) is 0 Å². The number of nitrogens with zero attached hydrogens (tertiary/aromatic N) is 1. The summed E-state index contributed by atoms with van der Waals surface area (Å²) >= 11 is 0. The molecular weight excluding hydrogens is 293 g/mol. The van der Waals surface area contributed by atoms with Gasteiger partial charge in [-0.2, -0.15) is 0 Å². The van der Waals surface area contributed by atoms with Gasteiger partial charge in [0.15, 0.2) is 0 Å². The molecule has 2 rings (SSSR count). The van der Waals surface area contributed by atoms with E-state index in [0.29, 0.717) is 5.56 Å². The number of aryl methyl sites for hydroxylation is 1. The van der Waals surface area contributed by atoms with Gasteiger partial charge in [0.1, 0.15) is 16.5 Å². The van der Waals surface area contributed by atoms with Crippen LogP contribution >= 0.6 is 10.7 Å². The molecule has 0 aliphatic heterocycles. The summed E-state index contributed by atoms with van der Waals surface area (Å²) < 4.78 is 40.6. The van der Waals surface area contributed by atoms with Crippen LogP contribution in [0.3, 0.4) is 0 Å². The van der Waals surface area contributed by atoms with E-state index >= 15 is 0 Å². The van der Waals surface area contributed by atoms with Gasteiger partial charge in [0, 0.05) is 22.8 Å². The van der Waals surface area contributed by atoms with E-state index in [-0.39, 0.29) is 16.5 Å². The fourth-order valence-electron chi connectivity index (χ4n) is 1.33. The van der Waals surface area contributed by atoms with E-state index in [1.807, 2.05) is 0 Å². The normalized spacial score (nSPS) is 11.3. The summed E-state index contributed by atoms with van der Waals surface area (Å²) in [4.78, 5) is 3.66. The lowest BCUT2D eigenvalue weighted by Gasteiger charge is -2.05. The SMILES string of the molecule is Cc1ccc(Oc2ccc(S(=O)(=O)Cl)cn2)cc1F. The van der Waals surface area contributed by atoms with Crippen LogP contribution in [0.25, 0.3) is 0 Å². The summed E-state index contributed by atoms with van der Waals surface area (Å²) in [7, 11) is 1.34. The van der Waals surface area contributed by atoms with Crippen LogP contribution in [0.2, 0.25) is 0 Å². The van der Waals surface area contributed by atoms with Gasteiger partial charge in [-0.1, -0.05) is 6.07 Å². The molecule has 0 fully saturated rings. The molecule has 4 nitrogen and oxygen atoms in total. The van der Waals surface area contributed by atoms with Crippen LogP contribution in [0.1, 0.15) is 5.56 Å². The van der Waals surface area contributed by atoms with Gasteiger partial charge in [-0.3, -0.25) is 0 Å². The second-order valence-corrected chi connectivity index (χ2v) is 6.35. The Kier molecular flexibility index (Phi) is 3.73. The molecule has 19 heavy (non-hydrogen) atoms. The van der Waals surface area contributed by atoms with Crippen LogP contribution in [0.4, 0.5) is 4.39 Å². The second kappa shape index (κ2) is 5.14. The first-order chi connectivity index (χ1) is 8.86. The smallest absolute Gasteiger partial charge is 0.262 e. The molecule has 0 saturated carbocycles. The van der Waals surface area contributed by atoms with E-state index in [4.69, 9.17) is 15.4 Å². The van der Waals surface area contributed by atoms with Crippen molar-refractivity contribution in [3.8, 4) is 11.6 Å². The van der Waals surface area contributed by atoms with Crippen molar-refractivity contribution in [2.45, 2.75) is 11.8 Å². The molecule has 0 atom stereocenters. The number of benzene rings is 1. The van der Waals surface area contributed by atoms with Crippen molar-refractivity contribution in [1.29, 1.82) is 0 Å². The summed E-state index contributed by atoms with van der Waals surface area (Å²) in [5.74, 6) is 0.0295. The summed E-state index contributed by atoms with van der Waals surface area (Å²) in [6, 6.07) is 6.99. The number of pyridine rings is 1. The first kappa shape index (κ1) is 13.8. The molecular formula is C12H9ClFNO3S. The molecule has 0 aliphatic carbocycles. The van der Waals surface area contributed by atoms with E-state index in [2.05, 4.69) is 4.98 Å². The Labute approximate surface area is 114 Å². The number of ether oxygens (including phenoxy) is 1. The predicted octanol–water partition coefficient (Wildman–Crippen LogP) is 3.25. The number of rotatable bonds is 3. The highest BCUT2D eigenvalue weighted by atomic mass is 35.7. The minimum Gasteiger partial charge on any atom is -0.439 e. The lowest BCUT2D eigenvalue weighted by Crippen LogP contribution is -1.94. The zero-order valence-electron chi connectivity index (χ0n) is 9.80. The summed E-state index contributed by atoms with van der Waals surface area (Å²) in [6.45, 7) is 1.64. The molecule has 0 amide bonds. The minimum atomic E-state index is -3.81. The molecule has 0 spiro atoms. The van der Waals surface area contributed by atoms with E-state index in [1.165, 1.54) is 18.2 Å². The number of halogens is 2. The maximum absolute atomic E-state index is 13.3. The second-order valence-electron chi connectivity index (χ2n) is 3.78. The van der Waals surface area contributed by atoms with Crippen LogP contribution in [-0.4, -0.2) is 13.4 Å². The van der Waals surface area contributed by atoms with Crippen molar-refractivity contribution < 1.29 is 17.5 Å². The molecule has 100 valence electrons. The van der Waals surface area contributed by atoms with Gasteiger partial charge in [-0.15, -0.1) is 0 Å². The summed E-state index contributed by atoms with van der Waals surface area (Å²) in [5.41, 5.74) is 0.504. The summed E-state index contributed by atoms with van der Waals surface area (Å²) in [5, 5.41) is 0. The molecule has 0 radical (unpaired) electrons. The third-order valence-electron chi connectivity index (χ3n) is 2.36. The van der Waals surface area contributed by atoms with E-state index in [1.54, 1.807) is 19.1 Å². The van der Waals surface area contributed by atoms with Crippen LogP contribution < -0.4 is 4.74 Å². The van der Waals surface area contributed by atoms with Crippen LogP contribution in [0.5, 0.6) is 11.6 Å². The number of aromatic nitrogens is 1. The zero-order chi connectivity index (χ0) is 14.0. The maximum Gasteiger partial charge on any atom is 0.262 e. The average Bonchev–Trinajstić information content (AvgIpc) is 2.33. The molecule has 0 bridgehead atoms. The number of hydrogen-bond donors (Lipinski definition) is 0. The Morgan fingerprint density at radius 3 is 2.53 bits per heavy atom. The molecule has 0 saturated heterocycles. The van der Waals surface area contributed by atoms with Gasteiger partial charge >= 0.3 is 0 Å². The highest BCUT2D eigenvalue weighted by Gasteiger charge is 2.10. The lowest BCUT2D eigenvalue weighted by atomic mass is 10.2. The maximum atomic E-state index is 13.3. The standard InChI is InChI=1S/C12H9ClFNO3S/c1-8-2-3-9(6-11(8)14)18-12-5-4-10(7-15-12)19(13,16)17/h2-7H,1H3. The van der Waals surface area contributed by atoms with Gasteiger partial charge < -0.3 is 4.74 Å². The largest absolute Gasteiger partial charge is 0.439 e. The highest BCUT2D eigenvalue weighted by molar-refractivity contribution is 8.13. The third-order valence-corrected chi connectivity index (χ3v) is 3.70. The van der Waals surface area contributed by atoms with Gasteiger partial charge in [-0.25, -0.2) is 17.8 Å². The fraction of sp³-hybridized carbons (Fsp3) is 0.0833. The third kappa shape index (κ3) is 3.42. The van der Waals surface area contributed by atoms with Crippen molar-refractivity contribution in [1.82, 2.24) is 4.98 Å². The Bertz CT molecular complexity index is 701. The average molecular weight is 302 g/mol. The minimum absolute atomic E-state index is 0.128. The first-order valence-electron chi connectivity index (χ1n) is 5.21. The quantitative estimate of drug-likeness (QED) is 0.817. The number of hydrogen-bond acceptors (Lipinski definition) is 4. The lowest BCUT2D eigenvalue weighted by molar-refractivity contribution is 0.456. The van der Waals surface area contributed by atoms with Crippen molar-refractivity contribution >= 4 is 19.7 Å². The molecule has 1 aromatic carbocycles. The molecule has 0 unspecified atom stereocenters. The highest BCUT2D eigenvalue weighted by Crippen LogP contribution is 2.23. The van der Waals surface area contributed by atoms with Crippen molar-refractivity contribution in [2.24, 2.45) is 0 Å². The van der Waals surface area contributed by atoms with E-state index in [0.717, 1.165) is 6.20 Å². The predicted molar refractivity (Wildman–Crippen MR) is 68.5 cm³/mol. The fourth-order valence-corrected chi connectivity index (χ4v) is 2.01. The van der Waals surface area contributed by atoms with Gasteiger partial charge in [0.2, 0.25) is 5.88 Å². The van der Waals surface area contributed by atoms with E-state index in [9.17, 15) is 12.8 Å². The first-order valence-corrected chi connectivity index (χ1v) is 7.52. The van der Waals surface area contributed by atoms with E-state index < -0.39 is 14.9 Å². The molecule has 0 N–H and O–H groups in total. The van der Waals surface area contributed by atoms with Crippen LogP contribution in [-0.2, 0) is 9.05 Å². The topological polar surface area (TPSA) is 56.3 Å².